The van der Waals surface area contributed by atoms with E-state index in [9.17, 15) is 5.26 Å². The Bertz CT molecular complexity index is 1220. The summed E-state index contributed by atoms with van der Waals surface area (Å²) in [6.07, 6.45) is 4.14. The number of benzene rings is 2. The van der Waals surface area contributed by atoms with E-state index in [4.69, 9.17) is 4.42 Å². The monoisotopic (exact) mass is 408 g/mol. The summed E-state index contributed by atoms with van der Waals surface area (Å²) >= 11 is 0. The van der Waals surface area contributed by atoms with Crippen LogP contribution < -0.4 is 5.32 Å². The number of hydrogen-bond acceptors (Lipinski definition) is 5. The Labute approximate surface area is 181 Å². The number of aromatic nitrogens is 1. The SMILES string of the molecule is N#Cc1cnc2oc(-c3ccccc3)c(-c3ccccc3)c2c1NCCN1CCCC1. The summed E-state index contributed by atoms with van der Waals surface area (Å²) in [4.78, 5) is 6.95. The van der Waals surface area contributed by atoms with Gasteiger partial charge in [-0.15, -0.1) is 0 Å². The molecule has 5 nitrogen and oxygen atoms in total. The summed E-state index contributed by atoms with van der Waals surface area (Å²) < 4.78 is 6.29. The van der Waals surface area contributed by atoms with Gasteiger partial charge >= 0.3 is 0 Å². The summed E-state index contributed by atoms with van der Waals surface area (Å²) in [7, 11) is 0. The maximum atomic E-state index is 9.80. The second kappa shape index (κ2) is 8.63. The molecule has 0 bridgehead atoms. The van der Waals surface area contributed by atoms with Crippen LogP contribution in [0.1, 0.15) is 18.4 Å². The Balaban J connectivity index is 1.66. The van der Waals surface area contributed by atoms with E-state index in [2.05, 4.69) is 33.4 Å². The Hall–Kier alpha value is -3.62. The van der Waals surface area contributed by atoms with Crippen LogP contribution in [0.15, 0.2) is 71.3 Å². The molecule has 2 aromatic carbocycles. The average molecular weight is 409 g/mol. The number of nitrogens with one attached hydrogen (secondary N) is 1. The fourth-order valence-corrected chi connectivity index (χ4v) is 4.35. The minimum absolute atomic E-state index is 0.534. The molecule has 1 N–H and O–H groups in total. The number of pyridine rings is 1. The fraction of sp³-hybridized carbons (Fsp3) is 0.231. The third-order valence-electron chi connectivity index (χ3n) is 5.87. The molecule has 0 amide bonds. The van der Waals surface area contributed by atoms with Crippen molar-refractivity contribution in [2.75, 3.05) is 31.5 Å². The lowest BCUT2D eigenvalue weighted by Gasteiger charge is -2.16. The highest BCUT2D eigenvalue weighted by molar-refractivity contribution is 6.08. The molecule has 0 atom stereocenters. The number of likely N-dealkylation sites (tertiary alicyclic amines) is 1. The van der Waals surface area contributed by atoms with E-state index in [1.54, 1.807) is 6.20 Å². The van der Waals surface area contributed by atoms with Gasteiger partial charge in [0, 0.05) is 24.2 Å². The number of furan rings is 1. The minimum Gasteiger partial charge on any atom is -0.437 e. The lowest BCUT2D eigenvalue weighted by molar-refractivity contribution is 0.353. The van der Waals surface area contributed by atoms with Crippen LogP contribution in [0.25, 0.3) is 33.6 Å². The van der Waals surface area contributed by atoms with Crippen molar-refractivity contribution in [2.24, 2.45) is 0 Å². The van der Waals surface area contributed by atoms with E-state index < -0.39 is 0 Å². The van der Waals surface area contributed by atoms with Crippen LogP contribution in [0.5, 0.6) is 0 Å². The zero-order valence-corrected chi connectivity index (χ0v) is 17.3. The first-order valence-corrected chi connectivity index (χ1v) is 10.8. The lowest BCUT2D eigenvalue weighted by atomic mass is 9.97. The highest BCUT2D eigenvalue weighted by atomic mass is 16.3. The number of hydrogen-bond donors (Lipinski definition) is 1. The minimum atomic E-state index is 0.534. The molecule has 0 aliphatic carbocycles. The molecule has 1 fully saturated rings. The molecule has 5 heteroatoms. The molecule has 154 valence electrons. The van der Waals surface area contributed by atoms with Crippen molar-refractivity contribution < 1.29 is 4.42 Å². The molecule has 1 saturated heterocycles. The van der Waals surface area contributed by atoms with Crippen molar-refractivity contribution in [1.29, 1.82) is 5.26 Å². The predicted octanol–water partition coefficient (Wildman–Crippen LogP) is 5.54. The summed E-state index contributed by atoms with van der Waals surface area (Å²) in [6.45, 7) is 4.03. The van der Waals surface area contributed by atoms with Gasteiger partial charge in [0.2, 0.25) is 5.71 Å². The van der Waals surface area contributed by atoms with Crippen molar-refractivity contribution in [3.8, 4) is 28.5 Å². The van der Waals surface area contributed by atoms with Crippen molar-refractivity contribution in [2.45, 2.75) is 12.8 Å². The third-order valence-corrected chi connectivity index (χ3v) is 5.87. The fourth-order valence-electron chi connectivity index (χ4n) is 4.35. The molecule has 31 heavy (non-hydrogen) atoms. The highest BCUT2D eigenvalue weighted by Gasteiger charge is 2.23. The van der Waals surface area contributed by atoms with Crippen molar-refractivity contribution >= 4 is 16.8 Å². The van der Waals surface area contributed by atoms with Gasteiger partial charge in [0.1, 0.15) is 11.8 Å². The van der Waals surface area contributed by atoms with E-state index in [-0.39, 0.29) is 0 Å². The Morgan fingerprint density at radius 2 is 1.65 bits per heavy atom. The quantitative estimate of drug-likeness (QED) is 0.454. The normalized spacial score (nSPS) is 14.0. The van der Waals surface area contributed by atoms with Gasteiger partial charge in [-0.25, -0.2) is 4.98 Å². The molecular weight excluding hydrogens is 384 g/mol. The van der Waals surface area contributed by atoms with Crippen LogP contribution in [-0.2, 0) is 0 Å². The van der Waals surface area contributed by atoms with Gasteiger partial charge < -0.3 is 14.6 Å². The third kappa shape index (κ3) is 3.78. The van der Waals surface area contributed by atoms with Crippen LogP contribution in [0.4, 0.5) is 5.69 Å². The van der Waals surface area contributed by atoms with Crippen molar-refractivity contribution in [3.63, 3.8) is 0 Å². The molecule has 2 aromatic heterocycles. The number of rotatable bonds is 6. The zero-order valence-electron chi connectivity index (χ0n) is 17.3. The van der Waals surface area contributed by atoms with Gasteiger partial charge in [-0.05, 0) is 31.5 Å². The number of nitrogens with zero attached hydrogens (tertiary/aromatic N) is 3. The Kier molecular flexibility index (Phi) is 5.39. The van der Waals surface area contributed by atoms with Gasteiger partial charge in [0.25, 0.3) is 0 Å². The molecule has 4 aromatic rings. The maximum absolute atomic E-state index is 9.80. The molecule has 0 saturated carbocycles. The van der Waals surface area contributed by atoms with E-state index in [0.29, 0.717) is 11.3 Å². The van der Waals surface area contributed by atoms with Gasteiger partial charge in [-0.2, -0.15) is 5.26 Å². The van der Waals surface area contributed by atoms with Crippen LogP contribution in [-0.4, -0.2) is 36.1 Å². The van der Waals surface area contributed by atoms with Gasteiger partial charge in [0.15, 0.2) is 0 Å². The molecular formula is C26H24N4O. The van der Waals surface area contributed by atoms with E-state index >= 15 is 0 Å². The number of fused-ring (bicyclic) bond motifs is 1. The second-order valence-corrected chi connectivity index (χ2v) is 7.85. The van der Waals surface area contributed by atoms with Gasteiger partial charge in [-0.1, -0.05) is 60.7 Å². The smallest absolute Gasteiger partial charge is 0.229 e. The number of anilines is 1. The number of nitriles is 1. The van der Waals surface area contributed by atoms with Crippen LogP contribution >= 0.6 is 0 Å². The highest BCUT2D eigenvalue weighted by Crippen LogP contribution is 2.44. The molecule has 5 rings (SSSR count). The van der Waals surface area contributed by atoms with E-state index in [1.165, 1.54) is 12.8 Å². The van der Waals surface area contributed by atoms with E-state index in [1.807, 2.05) is 48.5 Å². The predicted molar refractivity (Wildman–Crippen MR) is 124 cm³/mol. The van der Waals surface area contributed by atoms with Gasteiger partial charge in [0.05, 0.1) is 22.8 Å². The summed E-state index contributed by atoms with van der Waals surface area (Å²) in [5.74, 6) is 0.770. The Morgan fingerprint density at radius 1 is 0.968 bits per heavy atom. The Morgan fingerprint density at radius 3 is 2.32 bits per heavy atom. The summed E-state index contributed by atoms with van der Waals surface area (Å²) in [5, 5.41) is 14.2. The molecule has 3 heterocycles. The largest absolute Gasteiger partial charge is 0.437 e. The van der Waals surface area contributed by atoms with Crippen molar-refractivity contribution in [3.05, 3.63) is 72.4 Å². The van der Waals surface area contributed by atoms with Crippen LogP contribution in [0.2, 0.25) is 0 Å². The average Bonchev–Trinajstić information content (AvgIpc) is 3.48. The first kappa shape index (κ1) is 19.3. The molecule has 0 spiro atoms. The van der Waals surface area contributed by atoms with Gasteiger partial charge in [-0.3, -0.25) is 0 Å². The summed E-state index contributed by atoms with van der Waals surface area (Å²) in [6, 6.07) is 22.6. The lowest BCUT2D eigenvalue weighted by Crippen LogP contribution is -2.26. The molecule has 0 radical (unpaired) electrons. The molecule has 1 aliphatic heterocycles. The van der Waals surface area contributed by atoms with Crippen LogP contribution in [0.3, 0.4) is 0 Å². The van der Waals surface area contributed by atoms with Crippen LogP contribution in [0, 0.1) is 11.3 Å². The van der Waals surface area contributed by atoms with Crippen molar-refractivity contribution in [1.82, 2.24) is 9.88 Å². The van der Waals surface area contributed by atoms with E-state index in [0.717, 1.165) is 59.7 Å². The molecule has 0 unspecified atom stereocenters. The second-order valence-electron chi connectivity index (χ2n) is 7.85. The topological polar surface area (TPSA) is 65.1 Å². The first-order chi connectivity index (χ1) is 15.3. The summed E-state index contributed by atoms with van der Waals surface area (Å²) in [5.41, 5.74) is 4.87. The maximum Gasteiger partial charge on any atom is 0.229 e. The molecule has 1 aliphatic rings. The zero-order chi connectivity index (χ0) is 21.0. The first-order valence-electron chi connectivity index (χ1n) is 10.8. The standard InChI is InChI=1S/C26H24N4O/c27-17-21-18-29-26-23(24(21)28-13-16-30-14-7-8-15-30)22(19-9-3-1-4-10-19)25(31-26)20-11-5-2-6-12-20/h1-6,9-12,18H,7-8,13-16H2,(H,28,29).